The molecule has 0 aromatic heterocycles. The highest BCUT2D eigenvalue weighted by Gasteiger charge is 2.24. The predicted octanol–water partition coefficient (Wildman–Crippen LogP) is -3.58. The molecule has 0 saturated heterocycles. The van der Waals surface area contributed by atoms with Crippen LogP contribution in [-0.2, 0) is 25.6 Å². The number of carboxylic acids is 1. The van der Waals surface area contributed by atoms with Crippen LogP contribution in [0.25, 0.3) is 0 Å². The van der Waals surface area contributed by atoms with Gasteiger partial charge in [-0.15, -0.1) is 0 Å². The number of hydrogen-bond donors (Lipinski definition) is 8. The van der Waals surface area contributed by atoms with Crippen LogP contribution in [0.2, 0.25) is 0 Å². The highest BCUT2D eigenvalue weighted by Crippen LogP contribution is 2.10. The number of phenols is 1. The van der Waals surface area contributed by atoms with E-state index in [4.69, 9.17) is 15.9 Å². The van der Waals surface area contributed by atoms with Crippen molar-refractivity contribution in [3.05, 3.63) is 29.8 Å². The Morgan fingerprint density at radius 3 is 2.03 bits per heavy atom. The molecule has 0 heterocycles. The molecular weight excluding hydrogens is 388 g/mol. The molecule has 29 heavy (non-hydrogen) atoms. The van der Waals surface area contributed by atoms with Gasteiger partial charge in [0.1, 0.15) is 17.8 Å². The number of aliphatic hydroxyl groups excluding tert-OH is 2. The minimum atomic E-state index is -1.52. The van der Waals surface area contributed by atoms with Crippen molar-refractivity contribution in [1.29, 1.82) is 0 Å². The van der Waals surface area contributed by atoms with Crippen molar-refractivity contribution in [2.24, 2.45) is 5.73 Å². The van der Waals surface area contributed by atoms with Gasteiger partial charge in [0, 0.05) is 0 Å². The van der Waals surface area contributed by atoms with Crippen LogP contribution in [0, 0.1) is 0 Å². The molecule has 0 saturated carbocycles. The average molecular weight is 412 g/mol. The monoisotopic (exact) mass is 412 g/mol. The quantitative estimate of drug-likeness (QED) is 0.180. The van der Waals surface area contributed by atoms with Crippen LogP contribution in [0.1, 0.15) is 5.56 Å². The maximum Gasteiger partial charge on any atom is 0.328 e. The largest absolute Gasteiger partial charge is 0.508 e. The third-order valence-electron chi connectivity index (χ3n) is 3.78. The van der Waals surface area contributed by atoms with Crippen LogP contribution >= 0.6 is 0 Å². The molecule has 0 aliphatic rings. The van der Waals surface area contributed by atoms with E-state index < -0.39 is 61.6 Å². The summed E-state index contributed by atoms with van der Waals surface area (Å²) in [7, 11) is 0. The molecule has 1 rings (SSSR count). The maximum absolute atomic E-state index is 12.1. The molecule has 0 aliphatic heterocycles. The third kappa shape index (κ3) is 8.13. The fraction of sp³-hybridized carbons (Fsp3) is 0.412. The second kappa shape index (κ2) is 11.6. The molecule has 9 N–H and O–H groups in total. The number of benzene rings is 1. The summed E-state index contributed by atoms with van der Waals surface area (Å²) in [6.07, 6.45) is 0.117. The molecule has 160 valence electrons. The van der Waals surface area contributed by atoms with Crippen molar-refractivity contribution in [3.8, 4) is 5.75 Å². The zero-order valence-electron chi connectivity index (χ0n) is 15.4. The van der Waals surface area contributed by atoms with E-state index in [-0.39, 0.29) is 12.2 Å². The number of rotatable bonds is 11. The number of aromatic hydroxyl groups is 1. The lowest BCUT2D eigenvalue weighted by molar-refractivity contribution is -0.142. The summed E-state index contributed by atoms with van der Waals surface area (Å²) in [5.74, 6) is -3.88. The van der Waals surface area contributed by atoms with Crippen molar-refractivity contribution >= 4 is 23.7 Å². The minimum Gasteiger partial charge on any atom is -0.508 e. The molecule has 1 aromatic carbocycles. The molecule has 0 aliphatic carbocycles. The van der Waals surface area contributed by atoms with Gasteiger partial charge in [0.05, 0.1) is 25.8 Å². The zero-order chi connectivity index (χ0) is 22.0. The minimum absolute atomic E-state index is 0.0569. The van der Waals surface area contributed by atoms with E-state index >= 15 is 0 Å². The smallest absolute Gasteiger partial charge is 0.328 e. The van der Waals surface area contributed by atoms with E-state index in [9.17, 15) is 29.4 Å². The molecular formula is C17H24N4O8. The van der Waals surface area contributed by atoms with Gasteiger partial charge in [0.2, 0.25) is 17.7 Å². The van der Waals surface area contributed by atoms with Crippen LogP contribution in [0.4, 0.5) is 0 Å². The van der Waals surface area contributed by atoms with Crippen LogP contribution in [0.3, 0.4) is 0 Å². The normalized spacial score (nSPS) is 13.6. The van der Waals surface area contributed by atoms with E-state index in [2.05, 4.69) is 10.6 Å². The lowest BCUT2D eigenvalue weighted by Crippen LogP contribution is -2.55. The second-order valence-corrected chi connectivity index (χ2v) is 6.08. The number of hydrogen-bond acceptors (Lipinski definition) is 8. The number of nitrogens with two attached hydrogens (primary N) is 1. The van der Waals surface area contributed by atoms with Gasteiger partial charge >= 0.3 is 5.97 Å². The van der Waals surface area contributed by atoms with Gasteiger partial charge in [0.25, 0.3) is 0 Å². The molecule has 0 bridgehead atoms. The van der Waals surface area contributed by atoms with Crippen molar-refractivity contribution < 1.29 is 39.6 Å². The summed E-state index contributed by atoms with van der Waals surface area (Å²) in [5, 5.41) is 42.5. The molecule has 0 fully saturated rings. The van der Waals surface area contributed by atoms with E-state index in [1.165, 1.54) is 12.1 Å². The highest BCUT2D eigenvalue weighted by molar-refractivity contribution is 5.92. The van der Waals surface area contributed by atoms with Crippen molar-refractivity contribution in [1.82, 2.24) is 16.0 Å². The van der Waals surface area contributed by atoms with Crippen LogP contribution < -0.4 is 21.7 Å². The predicted molar refractivity (Wildman–Crippen MR) is 98.5 cm³/mol. The molecule has 3 unspecified atom stereocenters. The summed E-state index contributed by atoms with van der Waals surface area (Å²) in [6, 6.07) is 2.08. The fourth-order valence-corrected chi connectivity index (χ4v) is 2.17. The van der Waals surface area contributed by atoms with Gasteiger partial charge < -0.3 is 42.1 Å². The number of carbonyl (C=O) groups is 4. The summed E-state index contributed by atoms with van der Waals surface area (Å²) in [5.41, 5.74) is 6.45. The number of phenolic OH excluding ortho intramolecular Hbond substituents is 1. The molecule has 12 nitrogen and oxygen atoms in total. The summed E-state index contributed by atoms with van der Waals surface area (Å²) in [4.78, 5) is 46.5. The lowest BCUT2D eigenvalue weighted by atomic mass is 10.1. The Labute approximate surface area is 165 Å². The summed E-state index contributed by atoms with van der Waals surface area (Å²) >= 11 is 0. The van der Waals surface area contributed by atoms with Gasteiger partial charge in [-0.25, -0.2) is 4.79 Å². The topological polar surface area (TPSA) is 211 Å². The summed E-state index contributed by atoms with van der Waals surface area (Å²) in [6.45, 7) is -2.22. The fourth-order valence-electron chi connectivity index (χ4n) is 2.17. The first-order valence-electron chi connectivity index (χ1n) is 8.53. The Hall–Kier alpha value is -3.22. The summed E-state index contributed by atoms with van der Waals surface area (Å²) < 4.78 is 0. The van der Waals surface area contributed by atoms with E-state index in [1.807, 2.05) is 5.32 Å². The van der Waals surface area contributed by atoms with E-state index in [0.29, 0.717) is 5.56 Å². The Bertz CT molecular complexity index is 725. The number of amides is 3. The molecule has 0 radical (unpaired) electrons. The number of aliphatic carboxylic acids is 1. The average Bonchev–Trinajstić information content (AvgIpc) is 2.69. The second-order valence-electron chi connectivity index (χ2n) is 6.08. The van der Waals surface area contributed by atoms with E-state index in [0.717, 1.165) is 0 Å². The zero-order valence-corrected chi connectivity index (χ0v) is 15.4. The van der Waals surface area contributed by atoms with Gasteiger partial charge in [-0.2, -0.15) is 0 Å². The molecule has 1 aromatic rings. The van der Waals surface area contributed by atoms with Crippen LogP contribution in [0.15, 0.2) is 24.3 Å². The van der Waals surface area contributed by atoms with Crippen molar-refractivity contribution in [2.75, 3.05) is 19.8 Å². The van der Waals surface area contributed by atoms with Gasteiger partial charge in [-0.3, -0.25) is 14.4 Å². The van der Waals surface area contributed by atoms with E-state index in [1.54, 1.807) is 12.1 Å². The molecule has 3 amide bonds. The third-order valence-corrected chi connectivity index (χ3v) is 3.78. The molecule has 12 heteroatoms. The maximum atomic E-state index is 12.1. The first-order valence-corrected chi connectivity index (χ1v) is 8.53. The SMILES string of the molecule is NC(Cc1ccc(O)cc1)C(=O)NC(CO)C(=O)NCC(=O)NC(CO)C(=O)O. The Kier molecular flexibility index (Phi) is 9.51. The Balaban J connectivity index is 2.52. The number of carbonyl (C=O) groups excluding carboxylic acids is 3. The van der Waals surface area contributed by atoms with Crippen LogP contribution in [0.5, 0.6) is 5.75 Å². The van der Waals surface area contributed by atoms with Gasteiger partial charge in [-0.1, -0.05) is 12.1 Å². The van der Waals surface area contributed by atoms with Crippen molar-refractivity contribution in [3.63, 3.8) is 0 Å². The number of carboxylic acid groups (broad SMARTS) is 1. The van der Waals surface area contributed by atoms with Crippen LogP contribution in [-0.4, -0.2) is 82.0 Å². The first-order chi connectivity index (χ1) is 13.7. The highest BCUT2D eigenvalue weighted by atomic mass is 16.4. The van der Waals surface area contributed by atoms with Gasteiger partial charge in [-0.05, 0) is 24.1 Å². The number of nitrogens with one attached hydrogen (secondary N) is 3. The first kappa shape index (κ1) is 23.8. The Morgan fingerprint density at radius 2 is 1.52 bits per heavy atom. The Morgan fingerprint density at radius 1 is 0.931 bits per heavy atom. The standard InChI is InChI=1S/C17H24N4O8/c18-11(5-9-1-3-10(24)4-2-9)15(26)21-12(7-22)16(27)19-6-14(25)20-13(8-23)17(28)29/h1-4,11-13,22-24H,5-8,18H2,(H,19,27)(H,20,25)(H,21,26)(H,28,29). The molecule has 3 atom stereocenters. The lowest BCUT2D eigenvalue weighted by Gasteiger charge is -2.19. The van der Waals surface area contributed by atoms with Gasteiger partial charge in [0.15, 0.2) is 0 Å². The molecule has 0 spiro atoms. The number of aliphatic hydroxyl groups is 2. The van der Waals surface area contributed by atoms with Crippen molar-refractivity contribution in [2.45, 2.75) is 24.5 Å².